The highest BCUT2D eigenvalue weighted by Crippen LogP contribution is 2.31. The highest BCUT2D eigenvalue weighted by Gasteiger charge is 2.25. The van der Waals surface area contributed by atoms with Gasteiger partial charge in [-0.05, 0) is 61.4 Å². The molecule has 0 aromatic heterocycles. The Morgan fingerprint density at radius 1 is 0.902 bits per heavy atom. The van der Waals surface area contributed by atoms with Gasteiger partial charge in [0.1, 0.15) is 5.75 Å². The summed E-state index contributed by atoms with van der Waals surface area (Å²) in [4.78, 5) is 29.4. The molecule has 11 heteroatoms. The Hall–Kier alpha value is -3.93. The van der Waals surface area contributed by atoms with Gasteiger partial charge in [-0.1, -0.05) is 30.3 Å². The molecular formula is C30H34N4O6S. The van der Waals surface area contributed by atoms with E-state index in [2.05, 4.69) is 14.9 Å². The maximum atomic E-state index is 13.1. The highest BCUT2D eigenvalue weighted by molar-refractivity contribution is 7.92. The first-order valence-electron chi connectivity index (χ1n) is 13.7. The van der Waals surface area contributed by atoms with Crippen LogP contribution in [0.3, 0.4) is 0 Å². The third kappa shape index (κ3) is 7.63. The normalized spacial score (nSPS) is 17.7. The van der Waals surface area contributed by atoms with Crippen LogP contribution in [0.5, 0.6) is 11.5 Å². The Bertz CT molecular complexity index is 1440. The standard InChI is InChI=1S/C30H34N4O6S/c35-29(34-18-16-33(17-19-34)22-25-9-6-20-39-25)21-31-30(36)23-12-14-26(15-13-23)41(37,38)32-27-10-4-5-11-28(27)40-24-7-2-1-3-8-24/h1-5,7-8,10-15,25,32H,6,9,16-22H2,(H,31,36). The van der Waals surface area contributed by atoms with Crippen LogP contribution in [0.15, 0.2) is 83.8 Å². The minimum absolute atomic E-state index is 0.0134. The van der Waals surface area contributed by atoms with E-state index in [1.807, 2.05) is 18.2 Å². The third-order valence-electron chi connectivity index (χ3n) is 7.14. The molecule has 0 aliphatic carbocycles. The minimum Gasteiger partial charge on any atom is -0.455 e. The van der Waals surface area contributed by atoms with E-state index in [0.29, 0.717) is 24.6 Å². The number of nitrogens with zero attached hydrogens (tertiary/aromatic N) is 2. The van der Waals surface area contributed by atoms with Crippen LogP contribution < -0.4 is 14.8 Å². The van der Waals surface area contributed by atoms with Gasteiger partial charge in [-0.15, -0.1) is 0 Å². The summed E-state index contributed by atoms with van der Waals surface area (Å²) >= 11 is 0. The van der Waals surface area contributed by atoms with Crippen molar-refractivity contribution in [3.8, 4) is 11.5 Å². The molecule has 1 unspecified atom stereocenters. The van der Waals surface area contributed by atoms with E-state index >= 15 is 0 Å². The number of nitrogens with one attached hydrogen (secondary N) is 2. The van der Waals surface area contributed by atoms with Crippen LogP contribution >= 0.6 is 0 Å². The number of rotatable bonds is 10. The molecule has 10 nitrogen and oxygen atoms in total. The average Bonchev–Trinajstić information content (AvgIpc) is 3.51. The van der Waals surface area contributed by atoms with Crippen molar-refractivity contribution in [1.29, 1.82) is 0 Å². The van der Waals surface area contributed by atoms with Gasteiger partial charge in [0, 0.05) is 44.9 Å². The zero-order valence-electron chi connectivity index (χ0n) is 22.7. The van der Waals surface area contributed by atoms with Gasteiger partial charge in [0.15, 0.2) is 5.75 Å². The van der Waals surface area contributed by atoms with Gasteiger partial charge in [0.2, 0.25) is 5.91 Å². The summed E-state index contributed by atoms with van der Waals surface area (Å²) < 4.78 is 40.2. The second-order valence-electron chi connectivity index (χ2n) is 10.0. The molecule has 2 fully saturated rings. The molecule has 41 heavy (non-hydrogen) atoms. The largest absolute Gasteiger partial charge is 0.455 e. The first kappa shape index (κ1) is 28.6. The van der Waals surface area contributed by atoms with Crippen molar-refractivity contribution >= 4 is 27.5 Å². The van der Waals surface area contributed by atoms with E-state index in [1.165, 1.54) is 24.3 Å². The third-order valence-corrected chi connectivity index (χ3v) is 8.52. The molecule has 3 aromatic carbocycles. The maximum absolute atomic E-state index is 13.1. The molecule has 2 aliphatic rings. The Labute approximate surface area is 240 Å². The number of hydrogen-bond donors (Lipinski definition) is 2. The van der Waals surface area contributed by atoms with Crippen LogP contribution in [0.25, 0.3) is 0 Å². The van der Waals surface area contributed by atoms with E-state index in [0.717, 1.165) is 39.1 Å². The number of amides is 2. The fraction of sp³-hybridized carbons (Fsp3) is 0.333. The van der Waals surface area contributed by atoms with E-state index in [9.17, 15) is 18.0 Å². The molecule has 2 aliphatic heterocycles. The zero-order chi connectivity index (χ0) is 28.7. The molecule has 2 heterocycles. The van der Waals surface area contributed by atoms with Gasteiger partial charge >= 0.3 is 0 Å². The van der Waals surface area contributed by atoms with E-state index in [1.54, 1.807) is 41.3 Å². The van der Waals surface area contributed by atoms with Crippen LogP contribution in [0.2, 0.25) is 0 Å². The molecule has 216 valence electrons. The number of carbonyl (C=O) groups excluding carboxylic acids is 2. The predicted octanol–water partition coefficient (Wildman–Crippen LogP) is 3.33. The number of anilines is 1. The average molecular weight is 579 g/mol. The quantitative estimate of drug-likeness (QED) is 0.379. The summed E-state index contributed by atoms with van der Waals surface area (Å²) in [5.41, 5.74) is 0.537. The first-order chi connectivity index (χ1) is 19.9. The lowest BCUT2D eigenvalue weighted by molar-refractivity contribution is -0.132. The topological polar surface area (TPSA) is 117 Å². The van der Waals surface area contributed by atoms with Crippen LogP contribution in [-0.2, 0) is 19.6 Å². The molecule has 2 saturated heterocycles. The zero-order valence-corrected chi connectivity index (χ0v) is 23.5. The monoisotopic (exact) mass is 578 g/mol. The number of carbonyl (C=O) groups is 2. The molecule has 1 atom stereocenters. The van der Waals surface area contributed by atoms with Crippen molar-refractivity contribution in [1.82, 2.24) is 15.1 Å². The minimum atomic E-state index is -3.96. The van der Waals surface area contributed by atoms with Gasteiger partial charge in [0.25, 0.3) is 15.9 Å². The fourth-order valence-electron chi connectivity index (χ4n) is 4.87. The van der Waals surface area contributed by atoms with Gasteiger partial charge in [-0.25, -0.2) is 8.42 Å². The Kier molecular flexibility index (Phi) is 9.17. The van der Waals surface area contributed by atoms with Crippen molar-refractivity contribution in [3.05, 3.63) is 84.4 Å². The fourth-order valence-corrected chi connectivity index (χ4v) is 5.94. The molecule has 2 N–H and O–H groups in total. The summed E-state index contributed by atoms with van der Waals surface area (Å²) in [6.45, 7) is 4.40. The number of hydrogen-bond acceptors (Lipinski definition) is 7. The molecular weight excluding hydrogens is 544 g/mol. The van der Waals surface area contributed by atoms with E-state index in [-0.39, 0.29) is 34.7 Å². The molecule has 0 radical (unpaired) electrons. The molecule has 0 spiro atoms. The van der Waals surface area contributed by atoms with Crippen LogP contribution in [-0.4, -0.2) is 82.0 Å². The number of benzene rings is 3. The summed E-state index contributed by atoms with van der Waals surface area (Å²) in [7, 11) is -3.96. The SMILES string of the molecule is O=C(NCC(=O)N1CCN(CC2CCCO2)CC1)c1ccc(S(=O)(=O)Nc2ccccc2Oc2ccccc2)cc1. The molecule has 0 saturated carbocycles. The van der Waals surface area contributed by atoms with E-state index < -0.39 is 15.9 Å². The van der Waals surface area contributed by atoms with Gasteiger partial charge in [-0.3, -0.25) is 19.2 Å². The number of ether oxygens (including phenoxy) is 2. The van der Waals surface area contributed by atoms with Crippen LogP contribution in [0, 0.1) is 0 Å². The van der Waals surface area contributed by atoms with Crippen molar-refractivity contribution in [2.75, 3.05) is 50.6 Å². The number of piperazine rings is 1. The second-order valence-corrected chi connectivity index (χ2v) is 11.7. The first-order valence-corrected chi connectivity index (χ1v) is 15.2. The Morgan fingerprint density at radius 3 is 2.32 bits per heavy atom. The molecule has 3 aromatic rings. The van der Waals surface area contributed by atoms with Crippen molar-refractivity contribution in [3.63, 3.8) is 0 Å². The molecule has 2 amide bonds. The van der Waals surface area contributed by atoms with Crippen LogP contribution in [0.4, 0.5) is 5.69 Å². The summed E-state index contributed by atoms with van der Waals surface area (Å²) in [5, 5.41) is 2.65. The summed E-state index contributed by atoms with van der Waals surface area (Å²) in [6.07, 6.45) is 2.49. The van der Waals surface area contributed by atoms with Crippen LogP contribution in [0.1, 0.15) is 23.2 Å². The lowest BCUT2D eigenvalue weighted by Crippen LogP contribution is -2.52. The van der Waals surface area contributed by atoms with Crippen molar-refractivity contribution in [2.45, 2.75) is 23.8 Å². The number of sulfonamides is 1. The number of para-hydroxylation sites is 3. The van der Waals surface area contributed by atoms with Crippen molar-refractivity contribution < 1.29 is 27.5 Å². The Balaban J connectivity index is 1.12. The smallest absolute Gasteiger partial charge is 0.262 e. The lowest BCUT2D eigenvalue weighted by atomic mass is 10.2. The van der Waals surface area contributed by atoms with Crippen molar-refractivity contribution in [2.24, 2.45) is 0 Å². The summed E-state index contributed by atoms with van der Waals surface area (Å²) in [6, 6.07) is 21.3. The maximum Gasteiger partial charge on any atom is 0.262 e. The predicted molar refractivity (Wildman–Crippen MR) is 155 cm³/mol. The Morgan fingerprint density at radius 2 is 1.61 bits per heavy atom. The molecule has 0 bridgehead atoms. The molecule has 5 rings (SSSR count). The van der Waals surface area contributed by atoms with Gasteiger partial charge < -0.3 is 19.7 Å². The summed E-state index contributed by atoms with van der Waals surface area (Å²) in [5.74, 6) is 0.334. The highest BCUT2D eigenvalue weighted by atomic mass is 32.2. The van der Waals surface area contributed by atoms with Gasteiger partial charge in [0.05, 0.1) is 23.2 Å². The lowest BCUT2D eigenvalue weighted by Gasteiger charge is -2.35. The van der Waals surface area contributed by atoms with E-state index in [4.69, 9.17) is 9.47 Å². The second kappa shape index (κ2) is 13.2. The van der Waals surface area contributed by atoms with Gasteiger partial charge in [-0.2, -0.15) is 0 Å².